The quantitative estimate of drug-likeness (QED) is 0.324. The van der Waals surface area contributed by atoms with E-state index >= 15 is 0 Å². The van der Waals surface area contributed by atoms with Crippen LogP contribution in [0.25, 0.3) is 0 Å². The first-order valence-electron chi connectivity index (χ1n) is 2.32. The average Bonchev–Trinajstić information content (AvgIpc) is 1.65. The van der Waals surface area contributed by atoms with Gasteiger partial charge in [-0.1, -0.05) is 6.92 Å². The van der Waals surface area contributed by atoms with Gasteiger partial charge in [0.25, 0.3) is 0 Å². The van der Waals surface area contributed by atoms with Crippen molar-refractivity contribution >= 4 is 5.97 Å². The molecule has 0 aromatic carbocycles. The van der Waals surface area contributed by atoms with Gasteiger partial charge in [-0.3, -0.25) is 4.79 Å². The van der Waals surface area contributed by atoms with Gasteiger partial charge in [-0.2, -0.15) is 5.06 Å². The van der Waals surface area contributed by atoms with Crippen LogP contribution >= 0.6 is 0 Å². The van der Waals surface area contributed by atoms with E-state index in [4.69, 9.17) is 10.3 Å². The molecule has 0 bridgehead atoms. The number of hydroxylamine groups is 2. The number of rotatable bonds is 3. The van der Waals surface area contributed by atoms with Gasteiger partial charge < -0.3 is 11.7 Å². The Morgan fingerprint density at radius 1 is 1.78 bits per heavy atom. The van der Waals surface area contributed by atoms with Gasteiger partial charge in [-0.25, -0.2) is 0 Å². The number of aliphatic carboxylic acids is 1. The molecule has 5 heteroatoms. The third kappa shape index (κ3) is 8.39. The molecule has 0 atom stereocenters. The Labute approximate surface area is 77.2 Å². The maximum absolute atomic E-state index is 9.77. The molecule has 0 aromatic rings. The summed E-state index contributed by atoms with van der Waals surface area (Å²) in [6, 6.07) is 0. The van der Waals surface area contributed by atoms with Gasteiger partial charge in [0.05, 0.1) is 0 Å². The van der Waals surface area contributed by atoms with Crippen LogP contribution in [0.2, 0.25) is 0 Å². The molecule has 0 aliphatic heterocycles. The molecule has 0 saturated heterocycles. The molecule has 0 aliphatic rings. The first-order chi connectivity index (χ1) is 3.66. The Morgan fingerprint density at radius 3 is 2.33 bits per heavy atom. The zero-order valence-corrected chi connectivity index (χ0v) is 7.66. The second-order valence-electron chi connectivity index (χ2n) is 1.37. The third-order valence-electron chi connectivity index (χ3n) is 0.683. The predicted octanol–water partition coefficient (Wildman–Crippen LogP) is -3.10. The maximum Gasteiger partial charge on any atom is 1.00 e. The van der Waals surface area contributed by atoms with Gasteiger partial charge in [0.15, 0.2) is 0 Å². The standard InChI is InChI=1S/C4H9NO3.Na.H/c1-2-5(8)3-4(6)7;;/h8H,2-3H2,1H3,(H,6,7);;/q;+1;-1. The van der Waals surface area contributed by atoms with Crippen molar-refractivity contribution < 1.29 is 46.1 Å². The number of nitrogens with zero attached hydrogens (tertiary/aromatic N) is 1. The molecular formula is C4H10NNaO3. The summed E-state index contributed by atoms with van der Waals surface area (Å²) < 4.78 is 0. The second kappa shape index (κ2) is 6.51. The number of likely N-dealkylation sites (N-methyl/N-ethyl adjacent to an activating group) is 1. The molecule has 0 radical (unpaired) electrons. The van der Waals surface area contributed by atoms with Gasteiger partial charge in [-0.15, -0.1) is 0 Å². The monoisotopic (exact) mass is 143 g/mol. The topological polar surface area (TPSA) is 60.8 Å². The minimum Gasteiger partial charge on any atom is -1.00 e. The van der Waals surface area contributed by atoms with E-state index in [0.717, 1.165) is 5.06 Å². The molecule has 0 aromatic heterocycles. The summed E-state index contributed by atoms with van der Waals surface area (Å²) in [5.41, 5.74) is 0. The fourth-order valence-electron chi connectivity index (χ4n) is 0.268. The summed E-state index contributed by atoms with van der Waals surface area (Å²) in [4.78, 5) is 9.77. The number of hydrogen-bond donors (Lipinski definition) is 2. The van der Waals surface area contributed by atoms with E-state index in [1.807, 2.05) is 0 Å². The van der Waals surface area contributed by atoms with E-state index in [1.54, 1.807) is 6.92 Å². The van der Waals surface area contributed by atoms with E-state index in [1.165, 1.54) is 0 Å². The van der Waals surface area contributed by atoms with Crippen molar-refractivity contribution in [3.63, 3.8) is 0 Å². The average molecular weight is 143 g/mol. The molecular weight excluding hydrogens is 133 g/mol. The molecule has 9 heavy (non-hydrogen) atoms. The molecule has 50 valence electrons. The molecule has 0 heterocycles. The summed E-state index contributed by atoms with van der Waals surface area (Å²) in [7, 11) is 0. The number of carboxylic acids is 1. The summed E-state index contributed by atoms with van der Waals surface area (Å²) in [5, 5.41) is 17.2. The Balaban J connectivity index is -0.000000245. The van der Waals surface area contributed by atoms with Crippen LogP contribution in [0.3, 0.4) is 0 Å². The molecule has 4 nitrogen and oxygen atoms in total. The van der Waals surface area contributed by atoms with Crippen LogP contribution < -0.4 is 29.6 Å². The minimum absolute atomic E-state index is 0. The van der Waals surface area contributed by atoms with E-state index in [9.17, 15) is 4.79 Å². The first-order valence-corrected chi connectivity index (χ1v) is 2.32. The summed E-state index contributed by atoms with van der Waals surface area (Å²) in [5.74, 6) is -1.02. The zero-order chi connectivity index (χ0) is 6.57. The van der Waals surface area contributed by atoms with Crippen molar-refractivity contribution in [1.29, 1.82) is 0 Å². The molecule has 0 aliphatic carbocycles. The van der Waals surface area contributed by atoms with E-state index in [2.05, 4.69) is 0 Å². The van der Waals surface area contributed by atoms with E-state index in [-0.39, 0.29) is 37.5 Å². The van der Waals surface area contributed by atoms with Crippen LogP contribution in [0.5, 0.6) is 0 Å². The van der Waals surface area contributed by atoms with Crippen LogP contribution in [-0.2, 0) is 4.79 Å². The Hall–Kier alpha value is 0.390. The van der Waals surface area contributed by atoms with Crippen LogP contribution in [0.4, 0.5) is 0 Å². The molecule has 2 N–H and O–H groups in total. The smallest absolute Gasteiger partial charge is 1.00 e. The first kappa shape index (κ1) is 12.1. The fraction of sp³-hybridized carbons (Fsp3) is 0.750. The zero-order valence-electron chi connectivity index (χ0n) is 6.66. The Morgan fingerprint density at radius 2 is 2.22 bits per heavy atom. The van der Waals surface area contributed by atoms with Crippen LogP contribution in [-0.4, -0.2) is 34.4 Å². The minimum atomic E-state index is -1.02. The van der Waals surface area contributed by atoms with Crippen LogP contribution in [0.1, 0.15) is 8.35 Å². The summed E-state index contributed by atoms with van der Waals surface area (Å²) >= 11 is 0. The number of hydrogen-bond acceptors (Lipinski definition) is 3. The van der Waals surface area contributed by atoms with Crippen molar-refractivity contribution in [2.24, 2.45) is 0 Å². The fourth-order valence-corrected chi connectivity index (χ4v) is 0.268. The molecule has 0 unspecified atom stereocenters. The van der Waals surface area contributed by atoms with Gasteiger partial charge >= 0.3 is 35.5 Å². The van der Waals surface area contributed by atoms with Crippen LogP contribution in [0, 0.1) is 0 Å². The maximum atomic E-state index is 9.77. The molecule has 0 rings (SSSR count). The molecule has 0 fully saturated rings. The molecule has 0 saturated carbocycles. The van der Waals surface area contributed by atoms with Crippen molar-refractivity contribution in [1.82, 2.24) is 5.06 Å². The van der Waals surface area contributed by atoms with Gasteiger partial charge in [0.1, 0.15) is 6.54 Å². The molecule has 0 spiro atoms. The summed E-state index contributed by atoms with van der Waals surface area (Å²) in [6.45, 7) is 1.70. The predicted molar refractivity (Wildman–Crippen MR) is 27.8 cm³/mol. The van der Waals surface area contributed by atoms with Gasteiger partial charge in [0, 0.05) is 6.54 Å². The Bertz CT molecular complexity index is 92.6. The number of carbonyl (C=O) groups is 1. The SMILES string of the molecule is CCN(O)CC(=O)O.[H-].[Na+]. The van der Waals surface area contributed by atoms with Gasteiger partial charge in [-0.05, 0) is 0 Å². The molecule has 0 amide bonds. The third-order valence-corrected chi connectivity index (χ3v) is 0.683. The van der Waals surface area contributed by atoms with Crippen molar-refractivity contribution in [3.8, 4) is 0 Å². The van der Waals surface area contributed by atoms with Crippen LogP contribution in [0.15, 0.2) is 0 Å². The van der Waals surface area contributed by atoms with Crippen molar-refractivity contribution in [3.05, 3.63) is 0 Å². The van der Waals surface area contributed by atoms with Crippen molar-refractivity contribution in [2.45, 2.75) is 6.92 Å². The summed E-state index contributed by atoms with van der Waals surface area (Å²) in [6.07, 6.45) is 0. The van der Waals surface area contributed by atoms with Gasteiger partial charge in [0.2, 0.25) is 0 Å². The van der Waals surface area contributed by atoms with E-state index in [0.29, 0.717) is 6.54 Å². The second-order valence-corrected chi connectivity index (χ2v) is 1.37. The van der Waals surface area contributed by atoms with Crippen molar-refractivity contribution in [2.75, 3.05) is 13.1 Å². The normalized spacial score (nSPS) is 8.78. The largest absolute Gasteiger partial charge is 1.00 e. The van der Waals surface area contributed by atoms with E-state index < -0.39 is 5.97 Å². The Kier molecular flexibility index (Phi) is 8.75. The number of carboxylic acid groups (broad SMARTS) is 1.